The maximum atomic E-state index is 13.0. The van der Waals surface area contributed by atoms with Crippen molar-refractivity contribution in [3.63, 3.8) is 0 Å². The highest BCUT2D eigenvalue weighted by Crippen LogP contribution is 2.38. The molecule has 1 atom stereocenters. The van der Waals surface area contributed by atoms with Gasteiger partial charge in [0.1, 0.15) is 0 Å². The largest absolute Gasteiger partial charge is 0.481 e. The van der Waals surface area contributed by atoms with E-state index < -0.39 is 24.6 Å². The van der Waals surface area contributed by atoms with Crippen LogP contribution < -0.4 is 9.47 Å². The molecule has 0 saturated heterocycles. The first-order valence-electron chi connectivity index (χ1n) is 5.49. The third-order valence-corrected chi connectivity index (χ3v) is 2.73. The van der Waals surface area contributed by atoms with E-state index in [1.165, 1.54) is 12.1 Å². The smallest absolute Gasteiger partial charge is 0.433 e. The van der Waals surface area contributed by atoms with Gasteiger partial charge in [-0.25, -0.2) is 0 Å². The number of benzene rings is 1. The molecule has 0 bridgehead atoms. The summed E-state index contributed by atoms with van der Waals surface area (Å²) in [5.74, 6) is -1.66. The number of halogens is 2. The summed E-state index contributed by atoms with van der Waals surface area (Å²) in [6.45, 7) is 0.875. The number of hydrogen-bond donors (Lipinski definition) is 1. The molecule has 6 heteroatoms. The van der Waals surface area contributed by atoms with Crippen LogP contribution in [-0.2, 0) is 4.79 Å². The molecular formula is C12H12F2O4. The Labute approximate surface area is 102 Å². The normalized spacial score (nSPS) is 18.2. The van der Waals surface area contributed by atoms with Crippen LogP contribution in [0.15, 0.2) is 18.2 Å². The molecule has 0 radical (unpaired) electrons. The number of alkyl halides is 2. The minimum Gasteiger partial charge on any atom is -0.481 e. The van der Waals surface area contributed by atoms with Gasteiger partial charge in [0, 0.05) is 0 Å². The molecule has 0 aliphatic carbocycles. The van der Waals surface area contributed by atoms with Crippen LogP contribution in [0.4, 0.5) is 8.78 Å². The first-order chi connectivity index (χ1) is 8.43. The van der Waals surface area contributed by atoms with Crippen LogP contribution in [0.5, 0.6) is 11.5 Å². The molecular weight excluding hydrogens is 246 g/mol. The van der Waals surface area contributed by atoms with Crippen LogP contribution in [-0.4, -0.2) is 23.8 Å². The van der Waals surface area contributed by atoms with Gasteiger partial charge < -0.3 is 14.6 Å². The Morgan fingerprint density at radius 1 is 1.50 bits per heavy atom. The molecule has 18 heavy (non-hydrogen) atoms. The van der Waals surface area contributed by atoms with Crippen molar-refractivity contribution in [2.45, 2.75) is 25.4 Å². The Bertz CT molecular complexity index is 473. The van der Waals surface area contributed by atoms with E-state index in [4.69, 9.17) is 9.84 Å². The van der Waals surface area contributed by atoms with Gasteiger partial charge in [-0.05, 0) is 24.1 Å². The van der Waals surface area contributed by atoms with Crippen molar-refractivity contribution < 1.29 is 28.2 Å². The van der Waals surface area contributed by atoms with E-state index in [0.717, 1.165) is 0 Å². The SMILES string of the molecule is CCC(C(=O)O)c1ccc2c(c1)OC(F)(F)CO2. The van der Waals surface area contributed by atoms with E-state index in [2.05, 4.69) is 4.74 Å². The summed E-state index contributed by atoms with van der Waals surface area (Å²) in [6.07, 6.45) is -3.01. The number of aliphatic carboxylic acids is 1. The number of carbonyl (C=O) groups is 1. The van der Waals surface area contributed by atoms with Gasteiger partial charge in [-0.3, -0.25) is 4.79 Å². The van der Waals surface area contributed by atoms with E-state index >= 15 is 0 Å². The molecule has 1 aliphatic heterocycles. The Kier molecular flexibility index (Phi) is 3.11. The predicted molar refractivity (Wildman–Crippen MR) is 58.2 cm³/mol. The van der Waals surface area contributed by atoms with Crippen molar-refractivity contribution in [1.82, 2.24) is 0 Å². The molecule has 1 unspecified atom stereocenters. The van der Waals surface area contributed by atoms with E-state index in [1.807, 2.05) is 0 Å². The van der Waals surface area contributed by atoms with Crippen molar-refractivity contribution in [2.24, 2.45) is 0 Å². The highest BCUT2D eigenvalue weighted by Gasteiger charge is 2.38. The highest BCUT2D eigenvalue weighted by molar-refractivity contribution is 5.76. The molecule has 1 aliphatic rings. The number of fused-ring (bicyclic) bond motifs is 1. The summed E-state index contributed by atoms with van der Waals surface area (Å²) in [5.41, 5.74) is 0.421. The highest BCUT2D eigenvalue weighted by atomic mass is 19.3. The first-order valence-corrected chi connectivity index (χ1v) is 5.49. The fraction of sp³-hybridized carbons (Fsp3) is 0.417. The Balaban J connectivity index is 2.34. The lowest BCUT2D eigenvalue weighted by Crippen LogP contribution is -2.36. The summed E-state index contributed by atoms with van der Waals surface area (Å²) in [5, 5.41) is 9.01. The lowest BCUT2D eigenvalue weighted by atomic mass is 9.96. The van der Waals surface area contributed by atoms with Crippen LogP contribution in [0, 0.1) is 0 Å². The molecule has 1 heterocycles. The quantitative estimate of drug-likeness (QED) is 0.905. The topological polar surface area (TPSA) is 55.8 Å². The van der Waals surface area contributed by atoms with Crippen molar-refractivity contribution in [2.75, 3.05) is 6.61 Å². The van der Waals surface area contributed by atoms with Crippen LogP contribution in [0.1, 0.15) is 24.8 Å². The average molecular weight is 258 g/mol. The van der Waals surface area contributed by atoms with Gasteiger partial charge in [0.2, 0.25) is 0 Å². The fourth-order valence-electron chi connectivity index (χ4n) is 1.85. The molecule has 0 aromatic heterocycles. The maximum absolute atomic E-state index is 13.0. The summed E-state index contributed by atoms with van der Waals surface area (Å²) in [7, 11) is 0. The van der Waals surface area contributed by atoms with Crippen LogP contribution >= 0.6 is 0 Å². The zero-order valence-corrected chi connectivity index (χ0v) is 9.65. The molecule has 2 rings (SSSR count). The predicted octanol–water partition coefficient (Wildman–Crippen LogP) is 2.63. The lowest BCUT2D eigenvalue weighted by molar-refractivity contribution is -0.208. The van der Waals surface area contributed by atoms with Crippen molar-refractivity contribution in [3.05, 3.63) is 23.8 Å². The van der Waals surface area contributed by atoms with Gasteiger partial charge in [-0.15, -0.1) is 0 Å². The Morgan fingerprint density at radius 2 is 2.22 bits per heavy atom. The molecule has 4 nitrogen and oxygen atoms in total. The molecule has 0 fully saturated rings. The second-order valence-corrected chi connectivity index (χ2v) is 4.03. The fourth-order valence-corrected chi connectivity index (χ4v) is 1.85. The Hall–Kier alpha value is -1.85. The zero-order chi connectivity index (χ0) is 13.3. The molecule has 1 aromatic rings. The van der Waals surface area contributed by atoms with Gasteiger partial charge in [0.25, 0.3) is 0 Å². The van der Waals surface area contributed by atoms with Gasteiger partial charge in [0.15, 0.2) is 18.1 Å². The van der Waals surface area contributed by atoms with Crippen LogP contribution in [0.3, 0.4) is 0 Å². The van der Waals surface area contributed by atoms with Crippen molar-refractivity contribution in [3.8, 4) is 11.5 Å². The zero-order valence-electron chi connectivity index (χ0n) is 9.65. The Morgan fingerprint density at radius 3 is 2.83 bits per heavy atom. The van der Waals surface area contributed by atoms with Gasteiger partial charge in [-0.2, -0.15) is 8.78 Å². The minimum atomic E-state index is -3.38. The van der Waals surface area contributed by atoms with E-state index in [0.29, 0.717) is 12.0 Å². The van der Waals surface area contributed by atoms with E-state index in [1.54, 1.807) is 13.0 Å². The summed E-state index contributed by atoms with van der Waals surface area (Å²) in [4.78, 5) is 11.0. The van der Waals surface area contributed by atoms with Gasteiger partial charge >= 0.3 is 12.1 Å². The monoisotopic (exact) mass is 258 g/mol. The molecule has 98 valence electrons. The number of carboxylic acids is 1. The second kappa shape index (κ2) is 4.44. The van der Waals surface area contributed by atoms with Crippen molar-refractivity contribution >= 4 is 5.97 Å². The van der Waals surface area contributed by atoms with Gasteiger partial charge in [-0.1, -0.05) is 13.0 Å². The molecule has 1 aromatic carbocycles. The summed E-state index contributed by atoms with van der Waals surface area (Å²) < 4.78 is 35.3. The number of rotatable bonds is 3. The average Bonchev–Trinajstić information content (AvgIpc) is 2.27. The van der Waals surface area contributed by atoms with E-state index in [9.17, 15) is 13.6 Å². The maximum Gasteiger partial charge on any atom is 0.433 e. The standard InChI is InChI=1S/C12H12F2O4/c1-2-8(11(15)16)7-3-4-9-10(5-7)18-12(13,14)6-17-9/h3-5,8H,2,6H2,1H3,(H,15,16). The van der Waals surface area contributed by atoms with E-state index in [-0.39, 0.29) is 11.5 Å². The lowest BCUT2D eigenvalue weighted by Gasteiger charge is -2.26. The minimum absolute atomic E-state index is 0.122. The summed E-state index contributed by atoms with van der Waals surface area (Å²) >= 11 is 0. The van der Waals surface area contributed by atoms with Crippen LogP contribution in [0.2, 0.25) is 0 Å². The summed E-state index contributed by atoms with van der Waals surface area (Å²) in [6, 6.07) is 4.30. The molecule has 0 spiro atoms. The third kappa shape index (κ3) is 2.37. The number of ether oxygens (including phenoxy) is 2. The third-order valence-electron chi connectivity index (χ3n) is 2.73. The molecule has 1 N–H and O–H groups in total. The number of carboxylic acid groups (broad SMARTS) is 1. The van der Waals surface area contributed by atoms with Crippen LogP contribution in [0.25, 0.3) is 0 Å². The second-order valence-electron chi connectivity index (χ2n) is 4.03. The molecule has 0 amide bonds. The number of hydrogen-bond acceptors (Lipinski definition) is 3. The van der Waals surface area contributed by atoms with Gasteiger partial charge in [0.05, 0.1) is 5.92 Å². The first kappa shape index (κ1) is 12.6. The molecule has 0 saturated carbocycles. The van der Waals surface area contributed by atoms with Crippen molar-refractivity contribution in [1.29, 1.82) is 0 Å².